The van der Waals surface area contributed by atoms with Crippen molar-refractivity contribution < 1.29 is 9.84 Å². The summed E-state index contributed by atoms with van der Waals surface area (Å²) in [4.78, 5) is 2.92. The third kappa shape index (κ3) is 3.56. The molecule has 7 heteroatoms. The number of hydrogen-bond acceptors (Lipinski definition) is 4. The fraction of sp³-hybridized carbons (Fsp3) is 0.357. The van der Waals surface area contributed by atoms with E-state index in [1.807, 2.05) is 26.0 Å². The van der Waals surface area contributed by atoms with Gasteiger partial charge >= 0.3 is 0 Å². The fourth-order valence-corrected chi connectivity index (χ4v) is 2.26. The van der Waals surface area contributed by atoms with Crippen LogP contribution in [0.4, 0.5) is 5.69 Å². The second-order valence-electron chi connectivity index (χ2n) is 4.75. The molecule has 112 valence electrons. The van der Waals surface area contributed by atoms with Crippen LogP contribution >= 0.6 is 12.2 Å². The molecule has 3 N–H and O–H groups in total. The normalized spacial score (nSPS) is 11.4. The maximum atomic E-state index is 9.98. The molecule has 21 heavy (non-hydrogen) atoms. The van der Waals surface area contributed by atoms with Gasteiger partial charge in [-0.15, -0.1) is 10.2 Å². The first-order valence-corrected chi connectivity index (χ1v) is 6.94. The van der Waals surface area contributed by atoms with Crippen molar-refractivity contribution in [3.8, 4) is 5.88 Å². The number of hydrogen-bond donors (Lipinski definition) is 3. The van der Waals surface area contributed by atoms with E-state index >= 15 is 0 Å². The van der Waals surface area contributed by atoms with Gasteiger partial charge < -0.3 is 20.1 Å². The van der Waals surface area contributed by atoms with Gasteiger partial charge in [-0.3, -0.25) is 0 Å². The van der Waals surface area contributed by atoms with Gasteiger partial charge in [0.2, 0.25) is 11.0 Å². The van der Waals surface area contributed by atoms with Crippen molar-refractivity contribution in [1.82, 2.24) is 10.3 Å². The van der Waals surface area contributed by atoms with Crippen LogP contribution in [0.5, 0.6) is 5.88 Å². The summed E-state index contributed by atoms with van der Waals surface area (Å²) < 4.78 is 4.91. The summed E-state index contributed by atoms with van der Waals surface area (Å²) in [6.07, 6.45) is 0. The second-order valence-corrected chi connectivity index (χ2v) is 5.14. The Bertz CT molecular complexity index is 694. The van der Waals surface area contributed by atoms with Gasteiger partial charge in [0.05, 0.1) is 12.1 Å². The van der Waals surface area contributed by atoms with E-state index in [1.165, 1.54) is 0 Å². The Morgan fingerprint density at radius 3 is 2.90 bits per heavy atom. The van der Waals surface area contributed by atoms with E-state index in [4.69, 9.17) is 17.0 Å². The van der Waals surface area contributed by atoms with Gasteiger partial charge in [-0.25, -0.2) is 0 Å². The monoisotopic (exact) mass is 306 g/mol. The predicted octanol–water partition coefficient (Wildman–Crippen LogP) is 3.09. The van der Waals surface area contributed by atoms with E-state index in [0.717, 1.165) is 22.0 Å². The van der Waals surface area contributed by atoms with Crippen LogP contribution < -0.4 is 5.32 Å². The molecule has 2 rings (SSSR count). The number of fused-ring (bicyclic) bond motifs is 1. The van der Waals surface area contributed by atoms with Gasteiger partial charge in [0, 0.05) is 19.0 Å². The van der Waals surface area contributed by atoms with Crippen LogP contribution in [0.15, 0.2) is 22.4 Å². The molecule has 1 heterocycles. The smallest absolute Gasteiger partial charge is 0.218 e. The van der Waals surface area contributed by atoms with Gasteiger partial charge in [0.1, 0.15) is 0 Å². The number of thiocarbonyl (C=S) groups is 1. The standard InChI is InChI=1S/C14H18N4O2S/c1-8-6-9(2)11-10(7-8)12(13(19)16-11)17-18-14(21)15-4-5-20-3/h6-7,16,19H,4-5H2,1-3H3,(H,15,21). The Balaban J connectivity index is 2.26. The molecule has 0 saturated heterocycles. The number of nitrogens with zero attached hydrogens (tertiary/aromatic N) is 2. The van der Waals surface area contributed by atoms with E-state index in [0.29, 0.717) is 18.8 Å². The number of ether oxygens (including phenoxy) is 1. The van der Waals surface area contributed by atoms with Crippen LogP contribution in [0.2, 0.25) is 0 Å². The van der Waals surface area contributed by atoms with Crippen molar-refractivity contribution in [3.63, 3.8) is 0 Å². The highest BCUT2D eigenvalue weighted by Gasteiger charge is 2.12. The van der Waals surface area contributed by atoms with Crippen LogP contribution in [-0.2, 0) is 4.74 Å². The summed E-state index contributed by atoms with van der Waals surface area (Å²) in [5.41, 5.74) is 3.39. The summed E-state index contributed by atoms with van der Waals surface area (Å²) in [5.74, 6) is -0.0119. The second kappa shape index (κ2) is 6.64. The quantitative estimate of drug-likeness (QED) is 0.460. The summed E-state index contributed by atoms with van der Waals surface area (Å²) >= 11 is 5.04. The zero-order valence-electron chi connectivity index (χ0n) is 12.2. The minimum absolute atomic E-state index is 0.0119. The minimum Gasteiger partial charge on any atom is -0.493 e. The number of aryl methyl sites for hydroxylation is 2. The van der Waals surface area contributed by atoms with Crippen LogP contribution in [0.3, 0.4) is 0 Å². The maximum absolute atomic E-state index is 9.98. The Morgan fingerprint density at radius 1 is 1.43 bits per heavy atom. The third-order valence-electron chi connectivity index (χ3n) is 3.03. The van der Waals surface area contributed by atoms with Gasteiger partial charge in [-0.2, -0.15) is 0 Å². The SMILES string of the molecule is COCCNC(=S)N=Nc1c(O)[nH]c2c(C)cc(C)cc12. The molecule has 0 saturated carbocycles. The average Bonchev–Trinajstić information content (AvgIpc) is 2.73. The average molecular weight is 306 g/mol. The van der Waals surface area contributed by atoms with Gasteiger partial charge in [0.25, 0.3) is 0 Å². The van der Waals surface area contributed by atoms with E-state index in [9.17, 15) is 5.11 Å². The van der Waals surface area contributed by atoms with Gasteiger partial charge in [-0.05, 0) is 37.7 Å². The molecule has 0 fully saturated rings. The molecule has 0 amide bonds. The number of aromatic amines is 1. The summed E-state index contributed by atoms with van der Waals surface area (Å²) in [6, 6.07) is 3.99. The van der Waals surface area contributed by atoms with Gasteiger partial charge in [-0.1, -0.05) is 11.6 Å². The number of benzene rings is 1. The minimum atomic E-state index is -0.0119. The lowest BCUT2D eigenvalue weighted by atomic mass is 10.1. The molecule has 0 radical (unpaired) electrons. The first-order valence-electron chi connectivity index (χ1n) is 6.53. The summed E-state index contributed by atoms with van der Waals surface area (Å²) in [7, 11) is 1.61. The molecule has 0 atom stereocenters. The number of aromatic hydroxyl groups is 1. The molecule has 2 aromatic rings. The maximum Gasteiger partial charge on any atom is 0.218 e. The third-order valence-corrected chi connectivity index (χ3v) is 3.25. The lowest BCUT2D eigenvalue weighted by molar-refractivity contribution is 0.204. The molecule has 1 aromatic heterocycles. The number of rotatable bonds is 4. The van der Waals surface area contributed by atoms with Crippen LogP contribution in [0.1, 0.15) is 11.1 Å². The number of aromatic nitrogens is 1. The van der Waals surface area contributed by atoms with Gasteiger partial charge in [0.15, 0.2) is 5.69 Å². The summed E-state index contributed by atoms with van der Waals surface area (Å²) in [5, 5.41) is 21.9. The zero-order chi connectivity index (χ0) is 15.4. The van der Waals surface area contributed by atoms with Crippen LogP contribution in [0.25, 0.3) is 10.9 Å². The molecule has 0 bridgehead atoms. The number of methoxy groups -OCH3 is 1. The van der Waals surface area contributed by atoms with Crippen molar-refractivity contribution >= 4 is 33.9 Å². The fourth-order valence-electron chi connectivity index (χ4n) is 2.12. The first-order chi connectivity index (χ1) is 10.0. The number of azo groups is 1. The predicted molar refractivity (Wildman–Crippen MR) is 86.4 cm³/mol. The van der Waals surface area contributed by atoms with Crippen LogP contribution in [0, 0.1) is 13.8 Å². The molecule has 0 aliphatic carbocycles. The molecule has 0 aliphatic rings. The lowest BCUT2D eigenvalue weighted by Crippen LogP contribution is -2.23. The molecule has 0 aliphatic heterocycles. The largest absolute Gasteiger partial charge is 0.493 e. The topological polar surface area (TPSA) is 82.0 Å². The highest BCUT2D eigenvalue weighted by Crippen LogP contribution is 2.37. The van der Waals surface area contributed by atoms with Crippen molar-refractivity contribution in [2.45, 2.75) is 13.8 Å². The lowest BCUT2D eigenvalue weighted by Gasteiger charge is -2.01. The molecular weight excluding hydrogens is 288 g/mol. The molecule has 0 spiro atoms. The Hall–Kier alpha value is -1.99. The highest BCUT2D eigenvalue weighted by atomic mass is 32.1. The zero-order valence-corrected chi connectivity index (χ0v) is 13.0. The summed E-state index contributed by atoms with van der Waals surface area (Å²) in [6.45, 7) is 5.07. The Labute approximate surface area is 128 Å². The van der Waals surface area contributed by atoms with Crippen molar-refractivity contribution in [2.75, 3.05) is 20.3 Å². The Morgan fingerprint density at radius 2 is 2.19 bits per heavy atom. The van der Waals surface area contributed by atoms with Crippen molar-refractivity contribution in [2.24, 2.45) is 10.2 Å². The van der Waals surface area contributed by atoms with Crippen molar-refractivity contribution in [1.29, 1.82) is 0 Å². The first kappa shape index (κ1) is 15.4. The van der Waals surface area contributed by atoms with E-state index < -0.39 is 0 Å². The van der Waals surface area contributed by atoms with E-state index in [-0.39, 0.29) is 11.0 Å². The number of H-pyrrole nitrogens is 1. The van der Waals surface area contributed by atoms with Crippen LogP contribution in [-0.4, -0.2) is 35.5 Å². The number of nitrogens with one attached hydrogen (secondary N) is 2. The van der Waals surface area contributed by atoms with Crippen molar-refractivity contribution in [3.05, 3.63) is 23.3 Å². The van der Waals surface area contributed by atoms with E-state index in [2.05, 4.69) is 20.5 Å². The van der Waals surface area contributed by atoms with E-state index in [1.54, 1.807) is 7.11 Å². The molecular formula is C14H18N4O2S. The highest BCUT2D eigenvalue weighted by molar-refractivity contribution is 7.80. The molecule has 0 unspecified atom stereocenters. The Kier molecular flexibility index (Phi) is 4.87. The molecule has 6 nitrogen and oxygen atoms in total. The molecule has 1 aromatic carbocycles.